The van der Waals surface area contributed by atoms with E-state index in [-0.39, 0.29) is 18.5 Å². The zero-order chi connectivity index (χ0) is 17.9. The summed E-state index contributed by atoms with van der Waals surface area (Å²) in [6.45, 7) is 2.23. The smallest absolute Gasteiger partial charge is 0.410 e. The summed E-state index contributed by atoms with van der Waals surface area (Å²) in [5, 5.41) is 8.47. The summed E-state index contributed by atoms with van der Waals surface area (Å²) in [5.41, 5.74) is 1.73. The van der Waals surface area contributed by atoms with Gasteiger partial charge in [0.1, 0.15) is 18.8 Å². The molecule has 4 heterocycles. The van der Waals surface area contributed by atoms with Crippen LogP contribution in [0, 0.1) is 0 Å². The molecule has 2 fully saturated rings. The maximum Gasteiger partial charge on any atom is 0.410 e. The van der Waals surface area contributed by atoms with Gasteiger partial charge in [0.2, 0.25) is 5.91 Å². The average molecular weight is 356 g/mol. The van der Waals surface area contributed by atoms with Crippen LogP contribution < -0.4 is 0 Å². The van der Waals surface area contributed by atoms with Gasteiger partial charge in [0.05, 0.1) is 18.8 Å². The van der Waals surface area contributed by atoms with Gasteiger partial charge in [0.25, 0.3) is 0 Å². The minimum Gasteiger partial charge on any atom is -0.448 e. The molecule has 0 atom stereocenters. The van der Waals surface area contributed by atoms with Crippen molar-refractivity contribution in [2.45, 2.75) is 18.9 Å². The Morgan fingerprint density at radius 1 is 1.27 bits per heavy atom. The van der Waals surface area contributed by atoms with Crippen molar-refractivity contribution >= 4 is 12.0 Å². The zero-order valence-corrected chi connectivity index (χ0v) is 14.3. The molecule has 2 saturated heterocycles. The Bertz CT molecular complexity index is 785. The van der Waals surface area contributed by atoms with Gasteiger partial charge in [-0.3, -0.25) is 14.7 Å². The fourth-order valence-electron chi connectivity index (χ4n) is 3.31. The van der Waals surface area contributed by atoms with E-state index in [2.05, 4.69) is 15.3 Å². The minimum atomic E-state index is -0.404. The molecule has 2 aromatic heterocycles. The molecule has 0 N–H and O–H groups in total. The van der Waals surface area contributed by atoms with Crippen LogP contribution in [0.4, 0.5) is 4.79 Å². The number of carbonyl (C=O) groups is 2. The van der Waals surface area contributed by atoms with Gasteiger partial charge >= 0.3 is 6.09 Å². The number of cyclic esters (lactones) is 1. The second-order valence-electron chi connectivity index (χ2n) is 6.47. The maximum atomic E-state index is 12.4. The van der Waals surface area contributed by atoms with Crippen molar-refractivity contribution in [2.75, 3.05) is 32.8 Å². The average Bonchev–Trinajstić information content (AvgIpc) is 3.32. The second-order valence-corrected chi connectivity index (χ2v) is 6.47. The van der Waals surface area contributed by atoms with Gasteiger partial charge < -0.3 is 9.64 Å². The highest BCUT2D eigenvalue weighted by Gasteiger charge is 2.29. The lowest BCUT2D eigenvalue weighted by Gasteiger charge is -2.32. The molecule has 2 aliphatic heterocycles. The van der Waals surface area contributed by atoms with Gasteiger partial charge in [-0.25, -0.2) is 9.48 Å². The van der Waals surface area contributed by atoms with Crippen LogP contribution in [-0.2, 0) is 9.53 Å². The molecular weight excluding hydrogens is 336 g/mol. The van der Waals surface area contributed by atoms with E-state index < -0.39 is 6.09 Å². The van der Waals surface area contributed by atoms with Crippen molar-refractivity contribution in [3.8, 4) is 11.3 Å². The number of piperidine rings is 1. The third-order valence-corrected chi connectivity index (χ3v) is 4.83. The lowest BCUT2D eigenvalue weighted by Crippen LogP contribution is -2.44. The highest BCUT2D eigenvalue weighted by Crippen LogP contribution is 2.24. The molecule has 0 saturated carbocycles. The fraction of sp³-hybridized carbons (Fsp3) is 0.471. The third-order valence-electron chi connectivity index (χ3n) is 4.83. The molecule has 0 aliphatic carbocycles. The summed E-state index contributed by atoms with van der Waals surface area (Å²) < 4.78 is 6.74. The summed E-state index contributed by atoms with van der Waals surface area (Å²) >= 11 is 0. The topological polar surface area (TPSA) is 93.5 Å². The predicted octanol–water partition coefficient (Wildman–Crippen LogP) is 0.956. The monoisotopic (exact) mass is 356 g/mol. The van der Waals surface area contributed by atoms with E-state index in [0.29, 0.717) is 26.2 Å². The summed E-state index contributed by atoms with van der Waals surface area (Å²) in [6, 6.07) is 4.04. The number of aromatic nitrogens is 4. The van der Waals surface area contributed by atoms with Crippen LogP contribution >= 0.6 is 0 Å². The number of likely N-dealkylation sites (tertiary alicyclic amines) is 1. The summed E-state index contributed by atoms with van der Waals surface area (Å²) in [6.07, 6.45) is 6.64. The highest BCUT2D eigenvalue weighted by atomic mass is 16.6. The molecule has 0 radical (unpaired) electrons. The van der Waals surface area contributed by atoms with Crippen LogP contribution in [0.3, 0.4) is 0 Å². The Balaban J connectivity index is 1.33. The van der Waals surface area contributed by atoms with Gasteiger partial charge in [-0.15, -0.1) is 5.10 Å². The summed E-state index contributed by atoms with van der Waals surface area (Å²) in [7, 11) is 0. The quantitative estimate of drug-likeness (QED) is 0.810. The Hall–Kier alpha value is -2.97. The molecule has 9 nitrogen and oxygen atoms in total. The number of hydrogen-bond acceptors (Lipinski definition) is 6. The Labute approximate surface area is 150 Å². The first kappa shape index (κ1) is 16.5. The van der Waals surface area contributed by atoms with Gasteiger partial charge in [-0.1, -0.05) is 5.21 Å². The van der Waals surface area contributed by atoms with Gasteiger partial charge in [0, 0.05) is 31.0 Å². The summed E-state index contributed by atoms with van der Waals surface area (Å²) in [4.78, 5) is 31.2. The Morgan fingerprint density at radius 3 is 2.81 bits per heavy atom. The molecule has 0 spiro atoms. The molecule has 2 aromatic rings. The van der Waals surface area contributed by atoms with Gasteiger partial charge in [-0.2, -0.15) is 0 Å². The molecule has 0 unspecified atom stereocenters. The van der Waals surface area contributed by atoms with Crippen LogP contribution in [0.5, 0.6) is 0 Å². The molecule has 0 bridgehead atoms. The van der Waals surface area contributed by atoms with Crippen LogP contribution in [-0.4, -0.2) is 74.6 Å². The minimum absolute atomic E-state index is 0.0306. The van der Waals surface area contributed by atoms with Crippen LogP contribution in [0.2, 0.25) is 0 Å². The van der Waals surface area contributed by atoms with Gasteiger partial charge in [0.15, 0.2) is 0 Å². The van der Waals surface area contributed by atoms with E-state index in [9.17, 15) is 9.59 Å². The molecule has 26 heavy (non-hydrogen) atoms. The first-order chi connectivity index (χ1) is 12.7. The first-order valence-corrected chi connectivity index (χ1v) is 8.72. The highest BCUT2D eigenvalue weighted by molar-refractivity contribution is 5.83. The normalized spacial score (nSPS) is 18.2. The lowest BCUT2D eigenvalue weighted by molar-refractivity contribution is -0.133. The predicted molar refractivity (Wildman–Crippen MR) is 91.0 cm³/mol. The number of nitrogens with zero attached hydrogens (tertiary/aromatic N) is 6. The van der Waals surface area contributed by atoms with Crippen LogP contribution in [0.15, 0.2) is 30.7 Å². The molecule has 2 aliphatic rings. The standard InChI is InChI=1S/C17H20N6O3/c24-16(12-22-8-9-26-17(22)25)21-6-3-14(4-7-21)23-11-15(19-20-23)13-2-1-5-18-10-13/h1-2,5,10-11,14H,3-4,6-9,12H2. The number of carbonyl (C=O) groups excluding carboxylic acids is 2. The van der Waals surface area contributed by atoms with E-state index in [4.69, 9.17) is 4.74 Å². The van der Waals surface area contributed by atoms with E-state index in [0.717, 1.165) is 24.1 Å². The molecule has 0 aromatic carbocycles. The van der Waals surface area contributed by atoms with Crippen molar-refractivity contribution in [2.24, 2.45) is 0 Å². The maximum absolute atomic E-state index is 12.4. The fourth-order valence-corrected chi connectivity index (χ4v) is 3.31. The van der Waals surface area contributed by atoms with E-state index in [1.54, 1.807) is 17.3 Å². The number of ether oxygens (including phenoxy) is 1. The van der Waals surface area contributed by atoms with E-state index in [1.807, 2.05) is 23.0 Å². The van der Waals surface area contributed by atoms with Crippen molar-refractivity contribution in [3.63, 3.8) is 0 Å². The van der Waals surface area contributed by atoms with Gasteiger partial charge in [-0.05, 0) is 25.0 Å². The zero-order valence-electron chi connectivity index (χ0n) is 14.3. The van der Waals surface area contributed by atoms with E-state index in [1.165, 1.54) is 4.90 Å². The Kier molecular flexibility index (Phi) is 4.51. The third kappa shape index (κ3) is 3.37. The molecule has 136 valence electrons. The molecule has 9 heteroatoms. The van der Waals surface area contributed by atoms with Crippen LogP contribution in [0.1, 0.15) is 18.9 Å². The van der Waals surface area contributed by atoms with Crippen LogP contribution in [0.25, 0.3) is 11.3 Å². The largest absolute Gasteiger partial charge is 0.448 e. The lowest BCUT2D eigenvalue weighted by atomic mass is 10.1. The van der Waals surface area contributed by atoms with Crippen molar-refractivity contribution in [1.29, 1.82) is 0 Å². The number of amides is 2. The molecule has 2 amide bonds. The molecular formula is C17H20N6O3. The SMILES string of the molecule is O=C(CN1CCOC1=O)N1CCC(n2cc(-c3cccnc3)nn2)CC1. The van der Waals surface area contributed by atoms with Crippen molar-refractivity contribution in [3.05, 3.63) is 30.7 Å². The first-order valence-electron chi connectivity index (χ1n) is 8.72. The van der Waals surface area contributed by atoms with Crippen molar-refractivity contribution in [1.82, 2.24) is 29.8 Å². The number of hydrogen-bond donors (Lipinski definition) is 0. The van der Waals surface area contributed by atoms with Crippen molar-refractivity contribution < 1.29 is 14.3 Å². The second kappa shape index (κ2) is 7.11. The molecule has 4 rings (SSSR count). The number of pyridine rings is 1. The Morgan fingerprint density at radius 2 is 2.12 bits per heavy atom. The summed E-state index contributed by atoms with van der Waals surface area (Å²) in [5.74, 6) is -0.0306. The number of rotatable bonds is 4. The van der Waals surface area contributed by atoms with E-state index >= 15 is 0 Å².